The molecule has 3 rings (SSSR count). The highest BCUT2D eigenvalue weighted by Crippen LogP contribution is 2.23. The quantitative estimate of drug-likeness (QED) is 0.716. The van der Waals surface area contributed by atoms with Gasteiger partial charge in [0.05, 0.1) is 10.3 Å². The number of fused-ring (bicyclic) bond motifs is 1. The minimum absolute atomic E-state index is 0.314. The second kappa shape index (κ2) is 6.79. The highest BCUT2D eigenvalue weighted by atomic mass is 32.1. The van der Waals surface area contributed by atoms with Gasteiger partial charge in [0.2, 0.25) is 0 Å². The highest BCUT2D eigenvalue weighted by Gasteiger charge is 2.20. The number of hydrogen-bond acceptors (Lipinski definition) is 5. The summed E-state index contributed by atoms with van der Waals surface area (Å²) in [6.45, 7) is 1.91. The molecule has 124 valence electrons. The molecule has 3 aromatic rings. The predicted molar refractivity (Wildman–Crippen MR) is 91.4 cm³/mol. The largest absolute Gasteiger partial charge is 0.480 e. The SMILES string of the molecule is CCCC(C(=O)O)n1ccc(NC(=O)c2cncc3sccc23)n1. The first-order valence-corrected chi connectivity index (χ1v) is 8.38. The van der Waals surface area contributed by atoms with Gasteiger partial charge in [0.1, 0.15) is 6.04 Å². The average molecular weight is 344 g/mol. The van der Waals surface area contributed by atoms with Crippen LogP contribution < -0.4 is 5.32 Å². The lowest BCUT2D eigenvalue weighted by atomic mass is 10.2. The summed E-state index contributed by atoms with van der Waals surface area (Å²) in [5.74, 6) is -0.946. The topological polar surface area (TPSA) is 97.1 Å². The van der Waals surface area contributed by atoms with Crippen LogP contribution in [0, 0.1) is 0 Å². The summed E-state index contributed by atoms with van der Waals surface area (Å²) in [7, 11) is 0. The zero-order chi connectivity index (χ0) is 17.1. The van der Waals surface area contributed by atoms with E-state index in [9.17, 15) is 14.7 Å². The maximum absolute atomic E-state index is 12.5. The number of anilines is 1. The Balaban J connectivity index is 1.80. The van der Waals surface area contributed by atoms with Crippen molar-refractivity contribution in [3.05, 3.63) is 41.7 Å². The van der Waals surface area contributed by atoms with Gasteiger partial charge >= 0.3 is 5.97 Å². The lowest BCUT2D eigenvalue weighted by molar-refractivity contribution is -0.141. The van der Waals surface area contributed by atoms with Gasteiger partial charge in [-0.2, -0.15) is 5.10 Å². The number of carboxylic acids is 1. The molecule has 1 amide bonds. The van der Waals surface area contributed by atoms with Crippen molar-refractivity contribution in [3.8, 4) is 0 Å². The average Bonchev–Trinajstić information content (AvgIpc) is 3.20. The van der Waals surface area contributed by atoms with E-state index in [0.717, 1.165) is 16.5 Å². The van der Waals surface area contributed by atoms with Gasteiger partial charge in [-0.1, -0.05) is 13.3 Å². The number of nitrogens with zero attached hydrogens (tertiary/aromatic N) is 3. The van der Waals surface area contributed by atoms with E-state index in [1.165, 1.54) is 22.2 Å². The lowest BCUT2D eigenvalue weighted by Crippen LogP contribution is -2.20. The second-order valence-electron chi connectivity index (χ2n) is 5.30. The maximum atomic E-state index is 12.5. The fraction of sp³-hybridized carbons (Fsp3) is 0.250. The summed E-state index contributed by atoms with van der Waals surface area (Å²) in [6.07, 6.45) is 5.99. The van der Waals surface area contributed by atoms with Gasteiger partial charge in [0.25, 0.3) is 5.91 Å². The smallest absolute Gasteiger partial charge is 0.328 e. The van der Waals surface area contributed by atoms with Crippen molar-refractivity contribution < 1.29 is 14.7 Å². The number of pyridine rings is 1. The third-order valence-corrected chi connectivity index (χ3v) is 4.49. The van der Waals surface area contributed by atoms with E-state index >= 15 is 0 Å². The van der Waals surface area contributed by atoms with Crippen molar-refractivity contribution in [1.29, 1.82) is 0 Å². The number of aromatic nitrogens is 3. The Morgan fingerprint density at radius 3 is 2.96 bits per heavy atom. The molecule has 7 nitrogen and oxygen atoms in total. The molecular formula is C16H16N4O3S. The third-order valence-electron chi connectivity index (χ3n) is 3.64. The zero-order valence-electron chi connectivity index (χ0n) is 13.0. The molecule has 0 saturated heterocycles. The molecule has 0 saturated carbocycles. The van der Waals surface area contributed by atoms with Gasteiger partial charge in [-0.15, -0.1) is 11.3 Å². The van der Waals surface area contributed by atoms with Gasteiger partial charge in [-0.05, 0) is 17.9 Å². The molecule has 2 N–H and O–H groups in total. The first-order chi connectivity index (χ1) is 11.6. The van der Waals surface area contributed by atoms with E-state index < -0.39 is 12.0 Å². The predicted octanol–water partition coefficient (Wildman–Crippen LogP) is 3.17. The second-order valence-corrected chi connectivity index (χ2v) is 6.24. The molecule has 3 aromatic heterocycles. The van der Waals surface area contributed by atoms with Crippen LogP contribution in [-0.2, 0) is 4.79 Å². The summed E-state index contributed by atoms with van der Waals surface area (Å²) in [5.41, 5.74) is 0.464. The fourth-order valence-electron chi connectivity index (χ4n) is 2.48. The van der Waals surface area contributed by atoms with E-state index in [0.29, 0.717) is 17.8 Å². The lowest BCUT2D eigenvalue weighted by Gasteiger charge is -2.11. The van der Waals surface area contributed by atoms with Gasteiger partial charge in [-0.25, -0.2) is 4.79 Å². The first-order valence-electron chi connectivity index (χ1n) is 7.50. The Bertz CT molecular complexity index is 886. The molecule has 0 aliphatic heterocycles. The fourth-order valence-corrected chi connectivity index (χ4v) is 3.26. The molecule has 0 spiro atoms. The minimum Gasteiger partial charge on any atom is -0.480 e. The molecule has 8 heteroatoms. The van der Waals surface area contributed by atoms with Gasteiger partial charge in [0.15, 0.2) is 5.82 Å². The van der Waals surface area contributed by atoms with Crippen molar-refractivity contribution in [1.82, 2.24) is 14.8 Å². The van der Waals surface area contributed by atoms with E-state index in [2.05, 4.69) is 15.4 Å². The summed E-state index contributed by atoms with van der Waals surface area (Å²) >= 11 is 1.51. The molecule has 0 aliphatic rings. The Hall–Kier alpha value is -2.74. The van der Waals surface area contributed by atoms with E-state index in [1.54, 1.807) is 18.5 Å². The summed E-state index contributed by atoms with van der Waals surface area (Å²) in [5, 5.41) is 18.9. The molecule has 0 aliphatic carbocycles. The molecule has 1 unspecified atom stereocenters. The normalized spacial score (nSPS) is 12.2. The summed E-state index contributed by atoms with van der Waals surface area (Å²) in [6, 6.07) is 2.73. The summed E-state index contributed by atoms with van der Waals surface area (Å²) < 4.78 is 2.30. The Morgan fingerprint density at radius 2 is 2.21 bits per heavy atom. The molecule has 3 heterocycles. The number of aliphatic carboxylic acids is 1. The van der Waals surface area contributed by atoms with E-state index in [1.807, 2.05) is 18.4 Å². The van der Waals surface area contributed by atoms with Crippen molar-refractivity contribution >= 4 is 39.1 Å². The Kier molecular flexibility index (Phi) is 4.57. The van der Waals surface area contributed by atoms with Crippen LogP contribution in [0.2, 0.25) is 0 Å². The molecular weight excluding hydrogens is 328 g/mol. The van der Waals surface area contributed by atoms with Crippen LogP contribution in [-0.4, -0.2) is 31.7 Å². The highest BCUT2D eigenvalue weighted by molar-refractivity contribution is 7.17. The number of hydrogen-bond donors (Lipinski definition) is 2. The van der Waals surface area contributed by atoms with E-state index in [4.69, 9.17) is 0 Å². The van der Waals surface area contributed by atoms with Crippen LogP contribution in [0.3, 0.4) is 0 Å². The van der Waals surface area contributed by atoms with Gasteiger partial charge in [0, 0.05) is 30.0 Å². The van der Waals surface area contributed by atoms with Crippen LogP contribution in [0.5, 0.6) is 0 Å². The third kappa shape index (κ3) is 3.13. The van der Waals surface area contributed by atoms with Crippen LogP contribution in [0.4, 0.5) is 5.82 Å². The number of rotatable bonds is 6. The summed E-state index contributed by atoms with van der Waals surface area (Å²) in [4.78, 5) is 27.8. The molecule has 24 heavy (non-hydrogen) atoms. The monoisotopic (exact) mass is 344 g/mol. The number of nitrogens with one attached hydrogen (secondary N) is 1. The van der Waals surface area contributed by atoms with Gasteiger partial charge in [-0.3, -0.25) is 14.5 Å². The standard InChI is InChI=1S/C16H16N4O3S/c1-2-3-12(16(22)23)20-6-4-14(19-20)18-15(21)11-8-17-9-13-10(11)5-7-24-13/h4-9,12H,2-3H2,1H3,(H,22,23)(H,18,19,21). The molecule has 1 atom stereocenters. The zero-order valence-corrected chi connectivity index (χ0v) is 13.8. The van der Waals surface area contributed by atoms with Crippen molar-refractivity contribution in [2.75, 3.05) is 5.32 Å². The Labute approximate surface area is 141 Å². The van der Waals surface area contributed by atoms with Crippen molar-refractivity contribution in [2.45, 2.75) is 25.8 Å². The van der Waals surface area contributed by atoms with E-state index in [-0.39, 0.29) is 5.91 Å². The molecule has 0 radical (unpaired) electrons. The van der Waals surface area contributed by atoms with Crippen LogP contribution in [0.1, 0.15) is 36.2 Å². The van der Waals surface area contributed by atoms with Crippen molar-refractivity contribution in [2.24, 2.45) is 0 Å². The molecule has 0 aromatic carbocycles. The number of amides is 1. The number of thiophene rings is 1. The van der Waals surface area contributed by atoms with Crippen LogP contribution in [0.15, 0.2) is 36.1 Å². The number of carbonyl (C=O) groups excluding carboxylic acids is 1. The molecule has 0 bridgehead atoms. The Morgan fingerprint density at radius 1 is 1.38 bits per heavy atom. The minimum atomic E-state index is -0.940. The van der Waals surface area contributed by atoms with Gasteiger partial charge < -0.3 is 10.4 Å². The molecule has 0 fully saturated rings. The first kappa shape index (κ1) is 16.1. The number of carboxylic acid groups (broad SMARTS) is 1. The van der Waals surface area contributed by atoms with Crippen LogP contribution >= 0.6 is 11.3 Å². The van der Waals surface area contributed by atoms with Crippen LogP contribution in [0.25, 0.3) is 10.1 Å². The maximum Gasteiger partial charge on any atom is 0.328 e. The van der Waals surface area contributed by atoms with Crippen molar-refractivity contribution in [3.63, 3.8) is 0 Å². The number of carbonyl (C=O) groups is 2.